The summed E-state index contributed by atoms with van der Waals surface area (Å²) in [6.45, 7) is 0. The van der Waals surface area contributed by atoms with Gasteiger partial charge in [-0.05, 0) is 0 Å². The molecular formula is H5KO8PS. The molecule has 0 aromatic heterocycles. The maximum atomic E-state index is 8.88. The van der Waals surface area contributed by atoms with Gasteiger partial charge >= 0.3 is 18.2 Å². The van der Waals surface area contributed by atoms with E-state index in [0.29, 0.717) is 0 Å². The zero-order valence-corrected chi connectivity index (χ0v) is 10.2. The van der Waals surface area contributed by atoms with Crippen LogP contribution in [0.1, 0.15) is 0 Å². The molecule has 5 N–H and O–H groups in total. The third kappa shape index (κ3) is 411. The second-order valence-corrected chi connectivity index (χ2v) is 2.88. The van der Waals surface area contributed by atoms with Crippen LogP contribution >= 0.6 is 7.82 Å². The third-order valence-electron chi connectivity index (χ3n) is 0. The van der Waals surface area contributed by atoms with Crippen molar-refractivity contribution in [3.05, 3.63) is 0 Å². The van der Waals surface area contributed by atoms with Gasteiger partial charge in [-0.2, -0.15) is 8.42 Å². The molecule has 0 saturated carbocycles. The fraction of sp³-hybridized carbons (Fsp3) is 0. The zero-order chi connectivity index (χ0) is 9.00. The Morgan fingerprint density at radius 1 is 1.00 bits per heavy atom. The third-order valence-corrected chi connectivity index (χ3v) is 0. The molecule has 11 heavy (non-hydrogen) atoms. The molecule has 0 aliphatic rings. The number of hydrogen-bond donors (Lipinski definition) is 5. The monoisotopic (exact) mass is 235 g/mol. The van der Waals surface area contributed by atoms with Gasteiger partial charge in [0.25, 0.3) is 0 Å². The Labute approximate surface area is 105 Å². The van der Waals surface area contributed by atoms with Crippen LogP contribution in [0.15, 0.2) is 0 Å². The molecule has 0 aliphatic heterocycles. The minimum atomic E-state index is -4.67. The van der Waals surface area contributed by atoms with Crippen molar-refractivity contribution in [3.8, 4) is 0 Å². The Hall–Kier alpha value is 1.62. The summed E-state index contributed by atoms with van der Waals surface area (Å²) in [6.07, 6.45) is 0. The molecule has 0 aromatic carbocycles. The average molecular weight is 235 g/mol. The summed E-state index contributed by atoms with van der Waals surface area (Å²) >= 11 is 0. The van der Waals surface area contributed by atoms with Crippen molar-refractivity contribution in [2.24, 2.45) is 0 Å². The van der Waals surface area contributed by atoms with Gasteiger partial charge in [0.15, 0.2) is 0 Å². The molecule has 0 saturated heterocycles. The largest absolute Gasteiger partial charge is 0.466 e. The molecule has 0 heterocycles. The van der Waals surface area contributed by atoms with Gasteiger partial charge in [-0.1, -0.05) is 0 Å². The van der Waals surface area contributed by atoms with Gasteiger partial charge < -0.3 is 14.7 Å². The molecule has 0 spiro atoms. The summed E-state index contributed by atoms with van der Waals surface area (Å²) in [6, 6.07) is 0. The summed E-state index contributed by atoms with van der Waals surface area (Å²) in [5.41, 5.74) is 0. The van der Waals surface area contributed by atoms with Crippen molar-refractivity contribution in [1.82, 2.24) is 0 Å². The number of phosphoric acid groups is 1. The van der Waals surface area contributed by atoms with Crippen molar-refractivity contribution >= 4 is 69.6 Å². The smallest absolute Gasteiger partial charge is 0.303 e. The van der Waals surface area contributed by atoms with Gasteiger partial charge in [-0.3, -0.25) is 9.11 Å². The average Bonchev–Trinajstić information content (AvgIpc) is 1.12. The molecule has 8 nitrogen and oxygen atoms in total. The van der Waals surface area contributed by atoms with Crippen LogP contribution in [0, 0.1) is 0 Å². The molecule has 0 fully saturated rings. The first-order valence-corrected chi connectivity index (χ1v) is 4.44. The molecule has 0 aliphatic carbocycles. The van der Waals surface area contributed by atoms with Crippen LogP contribution in [0.4, 0.5) is 0 Å². The minimum absolute atomic E-state index is 0. The maximum Gasteiger partial charge on any atom is 0.466 e. The Balaban J connectivity index is -0.000000107. The predicted molar refractivity (Wildman–Crippen MR) is 34.2 cm³/mol. The normalized spacial score (nSPS) is 10.6. The van der Waals surface area contributed by atoms with E-state index in [1.807, 2.05) is 0 Å². The van der Waals surface area contributed by atoms with Crippen molar-refractivity contribution < 1.29 is 36.8 Å². The Morgan fingerprint density at radius 3 is 1.00 bits per heavy atom. The topological polar surface area (TPSA) is 152 Å². The Bertz CT molecular complexity index is 192. The molecule has 0 bridgehead atoms. The van der Waals surface area contributed by atoms with Crippen molar-refractivity contribution in [1.29, 1.82) is 0 Å². The van der Waals surface area contributed by atoms with E-state index >= 15 is 0 Å². The van der Waals surface area contributed by atoms with Crippen molar-refractivity contribution in [2.45, 2.75) is 0 Å². The quantitative estimate of drug-likeness (QED) is 0.184. The van der Waals surface area contributed by atoms with Crippen LogP contribution in [0.5, 0.6) is 0 Å². The molecule has 0 aromatic rings. The Morgan fingerprint density at radius 2 is 1.00 bits per heavy atom. The number of rotatable bonds is 0. The standard InChI is InChI=1S/K.H3O4P.H2O4S/c;2*1-5(2,3)4/h;(H3,1,2,3,4);(H2,1,2,3,4). The molecule has 0 unspecified atom stereocenters. The van der Waals surface area contributed by atoms with E-state index in [2.05, 4.69) is 0 Å². The van der Waals surface area contributed by atoms with E-state index in [4.69, 9.17) is 36.8 Å². The SMILES string of the molecule is O=P(O)(O)O.O=S(=O)(O)O.[K]. The molecule has 65 valence electrons. The van der Waals surface area contributed by atoms with Gasteiger partial charge in [0.05, 0.1) is 0 Å². The fourth-order valence-electron chi connectivity index (χ4n) is 0. The summed E-state index contributed by atoms with van der Waals surface area (Å²) in [4.78, 5) is 21.6. The fourth-order valence-corrected chi connectivity index (χ4v) is 0. The van der Waals surface area contributed by atoms with E-state index in [9.17, 15) is 0 Å². The first-order chi connectivity index (χ1) is 4.00. The predicted octanol–water partition coefficient (Wildman–Crippen LogP) is -1.96. The molecule has 1 radical (unpaired) electrons. The Kier molecular flexibility index (Phi) is 11.8. The van der Waals surface area contributed by atoms with Crippen LogP contribution in [0.2, 0.25) is 0 Å². The van der Waals surface area contributed by atoms with Crippen LogP contribution in [-0.4, -0.2) is 83.6 Å². The summed E-state index contributed by atoms with van der Waals surface area (Å²) in [5, 5.41) is 0. The van der Waals surface area contributed by atoms with Crippen LogP contribution in [0.3, 0.4) is 0 Å². The van der Waals surface area contributed by atoms with E-state index in [0.717, 1.165) is 0 Å². The molecule has 0 rings (SSSR count). The second kappa shape index (κ2) is 7.06. The van der Waals surface area contributed by atoms with E-state index in [1.54, 1.807) is 0 Å². The zero-order valence-electron chi connectivity index (χ0n) is 5.32. The number of hydrogen-bond acceptors (Lipinski definition) is 3. The van der Waals surface area contributed by atoms with E-state index in [1.165, 1.54) is 0 Å². The van der Waals surface area contributed by atoms with Crippen LogP contribution in [0.25, 0.3) is 0 Å². The van der Waals surface area contributed by atoms with Gasteiger partial charge in [0, 0.05) is 51.4 Å². The van der Waals surface area contributed by atoms with Gasteiger partial charge in [0.2, 0.25) is 0 Å². The summed E-state index contributed by atoms with van der Waals surface area (Å²) in [7, 11) is -9.31. The minimum Gasteiger partial charge on any atom is -0.303 e. The second-order valence-electron chi connectivity index (χ2n) is 0.961. The van der Waals surface area contributed by atoms with Gasteiger partial charge in [0.1, 0.15) is 0 Å². The van der Waals surface area contributed by atoms with Crippen molar-refractivity contribution in [3.63, 3.8) is 0 Å². The van der Waals surface area contributed by atoms with Crippen molar-refractivity contribution in [2.75, 3.05) is 0 Å². The summed E-state index contributed by atoms with van der Waals surface area (Å²) in [5.74, 6) is 0. The molecule has 0 amide bonds. The summed E-state index contributed by atoms with van der Waals surface area (Å²) < 4.78 is 40.5. The first kappa shape index (κ1) is 18.4. The molecule has 0 atom stereocenters. The van der Waals surface area contributed by atoms with Gasteiger partial charge in [-0.25, -0.2) is 4.57 Å². The van der Waals surface area contributed by atoms with Crippen LogP contribution < -0.4 is 0 Å². The van der Waals surface area contributed by atoms with E-state index in [-0.39, 0.29) is 51.4 Å². The molecular weight excluding hydrogens is 230 g/mol. The maximum absolute atomic E-state index is 8.88. The first-order valence-electron chi connectivity index (χ1n) is 1.48. The van der Waals surface area contributed by atoms with Crippen LogP contribution in [-0.2, 0) is 15.0 Å². The molecule has 11 heteroatoms. The van der Waals surface area contributed by atoms with Gasteiger partial charge in [-0.15, -0.1) is 0 Å². The van der Waals surface area contributed by atoms with E-state index < -0.39 is 18.2 Å².